The molecule has 17 heavy (non-hydrogen) atoms. The SMILES string of the molecule is COc1cc(C#N)ccc1CCNCC1CC1. The van der Waals surface area contributed by atoms with Crippen molar-refractivity contribution in [1.82, 2.24) is 5.32 Å². The summed E-state index contributed by atoms with van der Waals surface area (Å²) >= 11 is 0. The zero-order valence-corrected chi connectivity index (χ0v) is 10.2. The average molecular weight is 230 g/mol. The van der Waals surface area contributed by atoms with Gasteiger partial charge in [0.05, 0.1) is 18.7 Å². The van der Waals surface area contributed by atoms with Crippen LogP contribution in [0.3, 0.4) is 0 Å². The molecule has 0 amide bonds. The average Bonchev–Trinajstić information content (AvgIpc) is 3.18. The van der Waals surface area contributed by atoms with Crippen molar-refractivity contribution in [1.29, 1.82) is 5.26 Å². The second kappa shape index (κ2) is 5.70. The van der Waals surface area contributed by atoms with E-state index >= 15 is 0 Å². The molecule has 0 heterocycles. The molecule has 0 saturated heterocycles. The Kier molecular flexibility index (Phi) is 4.00. The van der Waals surface area contributed by atoms with Crippen LogP contribution < -0.4 is 10.1 Å². The van der Waals surface area contributed by atoms with Crippen molar-refractivity contribution >= 4 is 0 Å². The van der Waals surface area contributed by atoms with Crippen LogP contribution in [0.25, 0.3) is 0 Å². The molecule has 2 rings (SSSR count). The lowest BCUT2D eigenvalue weighted by molar-refractivity contribution is 0.409. The number of nitriles is 1. The summed E-state index contributed by atoms with van der Waals surface area (Å²) in [6.45, 7) is 2.11. The number of rotatable bonds is 6. The first-order valence-electron chi connectivity index (χ1n) is 6.11. The third-order valence-corrected chi connectivity index (χ3v) is 3.12. The molecular weight excluding hydrogens is 212 g/mol. The van der Waals surface area contributed by atoms with E-state index < -0.39 is 0 Å². The van der Waals surface area contributed by atoms with E-state index in [1.54, 1.807) is 13.2 Å². The summed E-state index contributed by atoms with van der Waals surface area (Å²) in [4.78, 5) is 0. The summed E-state index contributed by atoms with van der Waals surface area (Å²) in [7, 11) is 1.65. The summed E-state index contributed by atoms with van der Waals surface area (Å²) < 4.78 is 5.30. The van der Waals surface area contributed by atoms with Gasteiger partial charge in [-0.3, -0.25) is 0 Å². The third-order valence-electron chi connectivity index (χ3n) is 3.12. The number of ether oxygens (including phenoxy) is 1. The smallest absolute Gasteiger partial charge is 0.123 e. The van der Waals surface area contributed by atoms with Crippen molar-refractivity contribution < 1.29 is 4.74 Å². The second-order valence-corrected chi connectivity index (χ2v) is 4.54. The van der Waals surface area contributed by atoms with Gasteiger partial charge in [0.2, 0.25) is 0 Å². The minimum absolute atomic E-state index is 0.650. The quantitative estimate of drug-likeness (QED) is 0.761. The number of nitrogens with one attached hydrogen (secondary N) is 1. The normalized spacial score (nSPS) is 14.4. The number of hydrogen-bond donors (Lipinski definition) is 1. The fourth-order valence-electron chi connectivity index (χ4n) is 1.87. The fraction of sp³-hybridized carbons (Fsp3) is 0.500. The van der Waals surface area contributed by atoms with E-state index in [0.717, 1.165) is 36.7 Å². The molecule has 1 aromatic rings. The van der Waals surface area contributed by atoms with E-state index in [-0.39, 0.29) is 0 Å². The van der Waals surface area contributed by atoms with Crippen LogP contribution in [0.15, 0.2) is 18.2 Å². The van der Waals surface area contributed by atoms with Crippen LogP contribution in [-0.4, -0.2) is 20.2 Å². The van der Waals surface area contributed by atoms with Gasteiger partial charge in [0.1, 0.15) is 5.75 Å². The monoisotopic (exact) mass is 230 g/mol. The minimum Gasteiger partial charge on any atom is -0.496 e. The lowest BCUT2D eigenvalue weighted by atomic mass is 10.1. The van der Waals surface area contributed by atoms with Gasteiger partial charge in [-0.05, 0) is 56.0 Å². The maximum atomic E-state index is 8.81. The van der Waals surface area contributed by atoms with Gasteiger partial charge in [-0.15, -0.1) is 0 Å². The topological polar surface area (TPSA) is 45.0 Å². The van der Waals surface area contributed by atoms with Gasteiger partial charge in [0.15, 0.2) is 0 Å². The van der Waals surface area contributed by atoms with Crippen LogP contribution in [-0.2, 0) is 6.42 Å². The summed E-state index contributed by atoms with van der Waals surface area (Å²) in [6, 6.07) is 7.75. The van der Waals surface area contributed by atoms with Gasteiger partial charge < -0.3 is 10.1 Å². The number of benzene rings is 1. The summed E-state index contributed by atoms with van der Waals surface area (Å²) in [6.07, 6.45) is 3.71. The molecule has 0 aromatic heterocycles. The molecule has 3 nitrogen and oxygen atoms in total. The van der Waals surface area contributed by atoms with Crippen LogP contribution >= 0.6 is 0 Å². The highest BCUT2D eigenvalue weighted by molar-refractivity contribution is 5.42. The van der Waals surface area contributed by atoms with Crippen LogP contribution in [0.1, 0.15) is 24.0 Å². The third kappa shape index (κ3) is 3.47. The van der Waals surface area contributed by atoms with Crippen LogP contribution in [0, 0.1) is 17.2 Å². The molecule has 90 valence electrons. The number of methoxy groups -OCH3 is 1. The molecule has 0 atom stereocenters. The molecule has 0 spiro atoms. The largest absolute Gasteiger partial charge is 0.496 e. The Morgan fingerprint density at radius 3 is 2.94 bits per heavy atom. The summed E-state index contributed by atoms with van der Waals surface area (Å²) in [5, 5.41) is 12.3. The molecule has 0 unspecified atom stereocenters. The van der Waals surface area contributed by atoms with Gasteiger partial charge >= 0.3 is 0 Å². The van der Waals surface area contributed by atoms with Gasteiger partial charge in [-0.25, -0.2) is 0 Å². The molecule has 1 fully saturated rings. The molecule has 1 aliphatic rings. The van der Waals surface area contributed by atoms with Gasteiger partial charge in [0.25, 0.3) is 0 Å². The Balaban J connectivity index is 1.87. The highest BCUT2D eigenvalue weighted by atomic mass is 16.5. The highest BCUT2D eigenvalue weighted by Gasteiger charge is 2.20. The first-order valence-corrected chi connectivity index (χ1v) is 6.11. The summed E-state index contributed by atoms with van der Waals surface area (Å²) in [5.41, 5.74) is 1.81. The maximum absolute atomic E-state index is 8.81. The first-order chi connectivity index (χ1) is 8.33. The lowest BCUT2D eigenvalue weighted by Gasteiger charge is -2.09. The second-order valence-electron chi connectivity index (χ2n) is 4.54. The number of hydrogen-bond acceptors (Lipinski definition) is 3. The van der Waals surface area contributed by atoms with Crippen LogP contribution in [0.4, 0.5) is 0 Å². The lowest BCUT2D eigenvalue weighted by Crippen LogP contribution is -2.19. The van der Waals surface area contributed by atoms with Crippen molar-refractivity contribution in [2.75, 3.05) is 20.2 Å². The van der Waals surface area contributed by atoms with E-state index in [9.17, 15) is 0 Å². The fourth-order valence-corrected chi connectivity index (χ4v) is 1.87. The van der Waals surface area contributed by atoms with Gasteiger partial charge in [-0.2, -0.15) is 5.26 Å². The Morgan fingerprint density at radius 1 is 1.47 bits per heavy atom. The van der Waals surface area contributed by atoms with Crippen molar-refractivity contribution in [3.8, 4) is 11.8 Å². The molecular formula is C14H18N2O. The standard InChI is InChI=1S/C14H18N2O/c1-17-14-8-12(9-15)4-5-13(14)6-7-16-10-11-2-3-11/h4-5,8,11,16H,2-3,6-7,10H2,1H3. The predicted octanol–water partition coefficient (Wildman–Crippen LogP) is 2.11. The molecule has 1 aromatic carbocycles. The highest BCUT2D eigenvalue weighted by Crippen LogP contribution is 2.27. The van der Waals surface area contributed by atoms with E-state index in [4.69, 9.17) is 10.00 Å². The Labute approximate surface area is 102 Å². The molecule has 3 heteroatoms. The maximum Gasteiger partial charge on any atom is 0.123 e. The van der Waals surface area contributed by atoms with E-state index in [1.807, 2.05) is 12.1 Å². The first kappa shape index (κ1) is 11.9. The van der Waals surface area contributed by atoms with Crippen LogP contribution in [0.2, 0.25) is 0 Å². The van der Waals surface area contributed by atoms with E-state index in [0.29, 0.717) is 5.56 Å². The zero-order chi connectivity index (χ0) is 12.1. The molecule has 0 radical (unpaired) electrons. The molecule has 1 saturated carbocycles. The minimum atomic E-state index is 0.650. The Bertz CT molecular complexity index is 419. The molecule has 1 aliphatic carbocycles. The molecule has 1 N–H and O–H groups in total. The predicted molar refractivity (Wildman–Crippen MR) is 67.0 cm³/mol. The van der Waals surface area contributed by atoms with Crippen molar-refractivity contribution in [2.24, 2.45) is 5.92 Å². The van der Waals surface area contributed by atoms with Gasteiger partial charge in [0, 0.05) is 0 Å². The summed E-state index contributed by atoms with van der Waals surface area (Å²) in [5.74, 6) is 1.73. The van der Waals surface area contributed by atoms with Crippen LogP contribution in [0.5, 0.6) is 5.75 Å². The van der Waals surface area contributed by atoms with Crippen molar-refractivity contribution in [3.63, 3.8) is 0 Å². The Morgan fingerprint density at radius 2 is 2.29 bits per heavy atom. The van der Waals surface area contributed by atoms with E-state index in [2.05, 4.69) is 11.4 Å². The molecule has 0 aliphatic heterocycles. The van der Waals surface area contributed by atoms with Gasteiger partial charge in [-0.1, -0.05) is 6.07 Å². The molecule has 0 bridgehead atoms. The van der Waals surface area contributed by atoms with Crippen molar-refractivity contribution in [3.05, 3.63) is 29.3 Å². The Hall–Kier alpha value is -1.53. The van der Waals surface area contributed by atoms with E-state index in [1.165, 1.54) is 12.8 Å². The zero-order valence-electron chi connectivity index (χ0n) is 10.2. The van der Waals surface area contributed by atoms with Crippen molar-refractivity contribution in [2.45, 2.75) is 19.3 Å². The number of nitrogens with zero attached hydrogens (tertiary/aromatic N) is 1.